The molecule has 1 unspecified atom stereocenters. The van der Waals surface area contributed by atoms with Gasteiger partial charge in [0.2, 0.25) is 0 Å². The Hall–Kier alpha value is -2.50. The van der Waals surface area contributed by atoms with Crippen LogP contribution < -0.4 is 0 Å². The number of esters is 2. The summed E-state index contributed by atoms with van der Waals surface area (Å²) in [7, 11) is 1.90. The van der Waals surface area contributed by atoms with Crippen LogP contribution in [0, 0.1) is 5.41 Å². The highest BCUT2D eigenvalue weighted by Crippen LogP contribution is 2.46. The fourth-order valence-corrected chi connectivity index (χ4v) is 2.41. The molecule has 0 radical (unpaired) electrons. The maximum Gasteiger partial charge on any atom is 0.333 e. The number of ether oxygens (including phenoxy) is 2. The summed E-state index contributed by atoms with van der Waals surface area (Å²) in [5.41, 5.74) is -2.35. The molecule has 0 saturated carbocycles. The number of hydrogen-bond donors (Lipinski definition) is 0. The molecule has 4 nitrogen and oxygen atoms in total. The van der Waals surface area contributed by atoms with Crippen molar-refractivity contribution in [2.45, 2.75) is 6.17 Å². The van der Waals surface area contributed by atoms with E-state index in [2.05, 4.69) is 9.47 Å². The largest absolute Gasteiger partial charge is 0.468 e. The number of allylic oxidation sites excluding steroid dienone is 3. The maximum atomic E-state index is 15.0. The highest BCUT2D eigenvalue weighted by atomic mass is 19.1. The normalized spacial score (nSPS) is 19.7. The zero-order chi connectivity index (χ0) is 16.3. The topological polar surface area (TPSA) is 52.6 Å². The third-order valence-electron chi connectivity index (χ3n) is 3.56. The van der Waals surface area contributed by atoms with Crippen LogP contribution in [0.2, 0.25) is 0 Å². The van der Waals surface area contributed by atoms with E-state index in [1.54, 1.807) is 30.3 Å². The van der Waals surface area contributed by atoms with E-state index in [1.165, 1.54) is 6.08 Å². The van der Waals surface area contributed by atoms with Crippen LogP contribution in [0.1, 0.15) is 5.56 Å². The standard InChI is InChI=1S/C16H14F2O4/c1-21-14(19)16(15(20)22-2)12(17)9-8-11(13(16)18)10-6-4-3-5-7-10/h3-9,13H,1-2H3. The van der Waals surface area contributed by atoms with Gasteiger partial charge >= 0.3 is 11.9 Å². The lowest BCUT2D eigenvalue weighted by molar-refractivity contribution is -0.170. The second kappa shape index (κ2) is 6.09. The first-order chi connectivity index (χ1) is 10.5. The van der Waals surface area contributed by atoms with Gasteiger partial charge < -0.3 is 9.47 Å². The van der Waals surface area contributed by atoms with Crippen LogP contribution in [0.5, 0.6) is 0 Å². The molecule has 0 aliphatic heterocycles. The fourth-order valence-electron chi connectivity index (χ4n) is 2.41. The van der Waals surface area contributed by atoms with Gasteiger partial charge in [0.25, 0.3) is 5.41 Å². The number of rotatable bonds is 3. The molecule has 0 aromatic heterocycles. The molecule has 1 atom stereocenters. The van der Waals surface area contributed by atoms with E-state index >= 15 is 4.39 Å². The minimum atomic E-state index is -2.77. The van der Waals surface area contributed by atoms with Crippen molar-refractivity contribution in [3.8, 4) is 0 Å². The van der Waals surface area contributed by atoms with Gasteiger partial charge in [0.1, 0.15) is 5.83 Å². The molecule has 1 aliphatic rings. The molecule has 116 valence electrons. The van der Waals surface area contributed by atoms with Gasteiger partial charge in [-0.3, -0.25) is 9.59 Å². The predicted molar refractivity (Wildman–Crippen MR) is 75.0 cm³/mol. The second-order valence-corrected chi connectivity index (χ2v) is 4.66. The van der Waals surface area contributed by atoms with Crippen LogP contribution in [-0.4, -0.2) is 32.3 Å². The van der Waals surface area contributed by atoms with Crippen molar-refractivity contribution in [3.63, 3.8) is 0 Å². The van der Waals surface area contributed by atoms with Crippen LogP contribution >= 0.6 is 0 Å². The lowest BCUT2D eigenvalue weighted by Crippen LogP contribution is -2.50. The van der Waals surface area contributed by atoms with Crippen LogP contribution in [0.3, 0.4) is 0 Å². The predicted octanol–water partition coefficient (Wildman–Crippen LogP) is 2.61. The third kappa shape index (κ3) is 2.20. The van der Waals surface area contributed by atoms with E-state index in [1.807, 2.05) is 0 Å². The van der Waals surface area contributed by atoms with Gasteiger partial charge in [0.15, 0.2) is 6.17 Å². The summed E-state index contributed by atoms with van der Waals surface area (Å²) < 4.78 is 38.2. The zero-order valence-electron chi connectivity index (χ0n) is 12.0. The number of methoxy groups -OCH3 is 2. The van der Waals surface area contributed by atoms with Gasteiger partial charge in [-0.05, 0) is 17.2 Å². The van der Waals surface area contributed by atoms with Gasteiger partial charge in [-0.15, -0.1) is 0 Å². The maximum absolute atomic E-state index is 15.0. The molecule has 6 heteroatoms. The van der Waals surface area contributed by atoms with Gasteiger partial charge in [-0.25, -0.2) is 8.78 Å². The number of alkyl halides is 1. The van der Waals surface area contributed by atoms with Crippen LogP contribution in [0.15, 0.2) is 48.3 Å². The van der Waals surface area contributed by atoms with Gasteiger partial charge in [0.05, 0.1) is 14.2 Å². The smallest absolute Gasteiger partial charge is 0.333 e. The summed E-state index contributed by atoms with van der Waals surface area (Å²) >= 11 is 0. The second-order valence-electron chi connectivity index (χ2n) is 4.66. The fraction of sp³-hybridized carbons (Fsp3) is 0.250. The Balaban J connectivity index is 2.62. The van der Waals surface area contributed by atoms with Gasteiger partial charge in [0, 0.05) is 0 Å². The molecule has 1 aromatic carbocycles. The molecule has 1 aromatic rings. The molecule has 0 spiro atoms. The molecular weight excluding hydrogens is 294 g/mol. The van der Waals surface area contributed by atoms with Gasteiger partial charge in [-0.2, -0.15) is 0 Å². The van der Waals surface area contributed by atoms with E-state index in [-0.39, 0.29) is 5.57 Å². The van der Waals surface area contributed by atoms with Crippen molar-refractivity contribution in [2.75, 3.05) is 14.2 Å². The van der Waals surface area contributed by atoms with E-state index in [9.17, 15) is 14.0 Å². The lowest BCUT2D eigenvalue weighted by Gasteiger charge is -2.33. The molecule has 2 rings (SSSR count). The zero-order valence-corrected chi connectivity index (χ0v) is 12.0. The average molecular weight is 308 g/mol. The SMILES string of the molecule is COC(=O)C1(C(=O)OC)C(F)=CC=C(c2ccccc2)C1F. The summed E-state index contributed by atoms with van der Waals surface area (Å²) in [6.45, 7) is 0. The Morgan fingerprint density at radius 1 is 1.05 bits per heavy atom. The minimum absolute atomic E-state index is 0.00204. The molecular formula is C16H14F2O4. The first-order valence-electron chi connectivity index (χ1n) is 6.44. The van der Waals surface area contributed by atoms with Crippen molar-refractivity contribution in [2.24, 2.45) is 5.41 Å². The van der Waals surface area contributed by atoms with E-state index in [0.717, 1.165) is 20.3 Å². The quantitative estimate of drug-likeness (QED) is 0.636. The summed E-state index contributed by atoms with van der Waals surface area (Å²) in [4.78, 5) is 24.0. The highest BCUT2D eigenvalue weighted by molar-refractivity contribution is 6.07. The number of benzene rings is 1. The molecule has 0 bridgehead atoms. The van der Waals surface area contributed by atoms with E-state index in [0.29, 0.717) is 5.56 Å². The summed E-state index contributed by atoms with van der Waals surface area (Å²) in [6, 6.07) is 8.24. The average Bonchev–Trinajstić information content (AvgIpc) is 2.55. The molecule has 0 fully saturated rings. The Bertz CT molecular complexity index is 633. The number of carbonyl (C=O) groups is 2. The van der Waals surface area contributed by atoms with Crippen LogP contribution in [-0.2, 0) is 19.1 Å². The Morgan fingerprint density at radius 3 is 2.09 bits per heavy atom. The van der Waals surface area contributed by atoms with Crippen molar-refractivity contribution < 1.29 is 27.8 Å². The van der Waals surface area contributed by atoms with Gasteiger partial charge in [-0.1, -0.05) is 36.4 Å². The van der Waals surface area contributed by atoms with Crippen LogP contribution in [0.25, 0.3) is 5.57 Å². The Kier molecular flexibility index (Phi) is 4.40. The Morgan fingerprint density at radius 2 is 1.59 bits per heavy atom. The van der Waals surface area contributed by atoms with Crippen molar-refractivity contribution in [1.29, 1.82) is 0 Å². The number of halogens is 2. The molecule has 0 saturated heterocycles. The monoisotopic (exact) mass is 308 g/mol. The molecule has 1 aliphatic carbocycles. The first-order valence-corrected chi connectivity index (χ1v) is 6.44. The van der Waals surface area contributed by atoms with E-state index < -0.39 is 29.4 Å². The summed E-state index contributed by atoms with van der Waals surface area (Å²) in [6.07, 6.45) is -0.189. The Labute approximate surface area is 126 Å². The van der Waals surface area contributed by atoms with E-state index in [4.69, 9.17) is 0 Å². The number of carbonyl (C=O) groups excluding carboxylic acids is 2. The number of hydrogen-bond acceptors (Lipinski definition) is 4. The molecule has 0 N–H and O–H groups in total. The highest BCUT2D eigenvalue weighted by Gasteiger charge is 2.61. The summed E-state index contributed by atoms with van der Waals surface area (Å²) in [5.74, 6) is -3.94. The third-order valence-corrected chi connectivity index (χ3v) is 3.56. The van der Waals surface area contributed by atoms with Crippen molar-refractivity contribution >= 4 is 17.5 Å². The summed E-state index contributed by atoms with van der Waals surface area (Å²) in [5, 5.41) is 0. The molecule has 0 heterocycles. The molecule has 0 amide bonds. The lowest BCUT2D eigenvalue weighted by atomic mass is 9.73. The first kappa shape index (κ1) is 15.9. The minimum Gasteiger partial charge on any atom is -0.468 e. The van der Waals surface area contributed by atoms with Crippen molar-refractivity contribution in [3.05, 3.63) is 53.9 Å². The van der Waals surface area contributed by atoms with Crippen LogP contribution in [0.4, 0.5) is 8.78 Å². The molecule has 22 heavy (non-hydrogen) atoms. The van der Waals surface area contributed by atoms with Crippen molar-refractivity contribution in [1.82, 2.24) is 0 Å².